The average molecular weight is 275 g/mol. The number of hydrogen-bond acceptors (Lipinski definition) is 3. The van der Waals surface area contributed by atoms with Crippen LogP contribution in [0, 0.1) is 6.92 Å². The highest BCUT2D eigenvalue weighted by atomic mass is 19.4. The fourth-order valence-electron chi connectivity index (χ4n) is 1.63. The van der Waals surface area contributed by atoms with E-state index < -0.39 is 23.9 Å². The van der Waals surface area contributed by atoms with Crippen LogP contribution in [0.1, 0.15) is 22.8 Å². The molecule has 1 aromatic rings. The zero-order chi connectivity index (χ0) is 14.6. The van der Waals surface area contributed by atoms with Crippen molar-refractivity contribution in [2.75, 3.05) is 6.54 Å². The van der Waals surface area contributed by atoms with Crippen molar-refractivity contribution >= 4 is 0 Å². The molecule has 0 aliphatic carbocycles. The van der Waals surface area contributed by atoms with E-state index in [2.05, 4.69) is 10.0 Å². The van der Waals surface area contributed by atoms with Gasteiger partial charge < -0.3 is 10.2 Å². The molecule has 19 heavy (non-hydrogen) atoms. The minimum atomic E-state index is -4.46. The molecule has 8 heteroatoms. The molecule has 0 spiro atoms. The number of alkyl halides is 3. The number of benzene rings is 1. The molecule has 0 aliphatic heterocycles. The summed E-state index contributed by atoms with van der Waals surface area (Å²) >= 11 is 0. The Morgan fingerprint density at radius 3 is 2.47 bits per heavy atom. The van der Waals surface area contributed by atoms with E-state index in [9.17, 15) is 23.4 Å². The molecule has 0 fully saturated rings. The quantitative estimate of drug-likeness (QED) is 0.502. The summed E-state index contributed by atoms with van der Waals surface area (Å²) in [6.45, 7) is 0.899. The van der Waals surface area contributed by atoms with E-state index >= 15 is 0 Å². The van der Waals surface area contributed by atoms with Gasteiger partial charge in [-0.3, -0.25) is 0 Å². The highest BCUT2D eigenvalue weighted by Crippen LogP contribution is 2.33. The van der Waals surface area contributed by atoms with Gasteiger partial charge in [0.05, 0.1) is 18.2 Å². The minimum Gasteiger partial charge on any atom is -0.390 e. The Balaban J connectivity index is 2.97. The van der Waals surface area contributed by atoms with Gasteiger partial charge in [0.2, 0.25) is 0 Å². The van der Waals surface area contributed by atoms with Gasteiger partial charge in [-0.25, -0.2) is 0 Å². The van der Waals surface area contributed by atoms with Crippen LogP contribution in [0.3, 0.4) is 0 Å². The second kappa shape index (κ2) is 5.92. The molecule has 0 aliphatic rings. The molecular formula is C11H12F3N3O2. The van der Waals surface area contributed by atoms with Crippen molar-refractivity contribution in [1.82, 2.24) is 0 Å². The molecule has 0 radical (unpaired) electrons. The van der Waals surface area contributed by atoms with Crippen LogP contribution in [0.4, 0.5) is 13.2 Å². The van der Waals surface area contributed by atoms with Gasteiger partial charge in [0.15, 0.2) is 0 Å². The first-order valence-corrected chi connectivity index (χ1v) is 5.32. The summed E-state index contributed by atoms with van der Waals surface area (Å²) in [4.78, 5) is 2.42. The minimum absolute atomic E-state index is 0.0555. The molecule has 2 unspecified atom stereocenters. The van der Waals surface area contributed by atoms with Gasteiger partial charge in [-0.1, -0.05) is 17.2 Å². The number of aliphatic hydroxyl groups excluding tert-OH is 2. The van der Waals surface area contributed by atoms with Crippen LogP contribution in [0.5, 0.6) is 0 Å². The van der Waals surface area contributed by atoms with Crippen LogP contribution in [0.25, 0.3) is 10.4 Å². The van der Waals surface area contributed by atoms with Crippen LogP contribution in [-0.4, -0.2) is 22.9 Å². The van der Waals surface area contributed by atoms with Gasteiger partial charge in [0.25, 0.3) is 0 Å². The fourth-order valence-corrected chi connectivity index (χ4v) is 1.63. The van der Waals surface area contributed by atoms with E-state index in [0.717, 1.165) is 18.2 Å². The Morgan fingerprint density at radius 2 is 2.00 bits per heavy atom. The van der Waals surface area contributed by atoms with Crippen LogP contribution in [0.15, 0.2) is 23.3 Å². The third kappa shape index (κ3) is 3.85. The Labute approximate surface area is 106 Å². The van der Waals surface area contributed by atoms with Gasteiger partial charge in [-0.05, 0) is 29.6 Å². The molecule has 0 saturated heterocycles. The van der Waals surface area contributed by atoms with E-state index in [0.29, 0.717) is 0 Å². The third-order valence-corrected chi connectivity index (χ3v) is 2.59. The smallest absolute Gasteiger partial charge is 0.390 e. The van der Waals surface area contributed by atoms with E-state index in [1.54, 1.807) is 0 Å². The molecule has 1 aromatic carbocycles. The highest BCUT2D eigenvalue weighted by Gasteiger charge is 2.32. The maximum Gasteiger partial charge on any atom is 0.416 e. The summed E-state index contributed by atoms with van der Waals surface area (Å²) in [5.74, 6) is 0. The Hall–Kier alpha value is -1.76. The van der Waals surface area contributed by atoms with Gasteiger partial charge >= 0.3 is 6.18 Å². The van der Waals surface area contributed by atoms with Crippen molar-refractivity contribution in [3.05, 3.63) is 45.3 Å². The summed E-state index contributed by atoms with van der Waals surface area (Å²) in [6, 6.07) is 3.07. The molecule has 104 valence electrons. The van der Waals surface area contributed by atoms with Gasteiger partial charge in [-0.2, -0.15) is 13.2 Å². The molecule has 0 amide bonds. The lowest BCUT2D eigenvalue weighted by atomic mass is 9.99. The molecule has 1 rings (SSSR count). The second-order valence-corrected chi connectivity index (χ2v) is 4.00. The second-order valence-electron chi connectivity index (χ2n) is 4.00. The van der Waals surface area contributed by atoms with Gasteiger partial charge in [0, 0.05) is 4.91 Å². The van der Waals surface area contributed by atoms with E-state index in [-0.39, 0.29) is 17.7 Å². The number of aryl methyl sites for hydroxylation is 1. The predicted molar refractivity (Wildman–Crippen MR) is 61.2 cm³/mol. The fraction of sp³-hybridized carbons (Fsp3) is 0.455. The van der Waals surface area contributed by atoms with Crippen molar-refractivity contribution < 1.29 is 23.4 Å². The lowest BCUT2D eigenvalue weighted by Gasteiger charge is -2.18. The zero-order valence-electron chi connectivity index (χ0n) is 9.96. The first-order chi connectivity index (χ1) is 8.77. The first kappa shape index (κ1) is 15.3. The average Bonchev–Trinajstić information content (AvgIpc) is 2.33. The molecule has 0 aromatic heterocycles. The standard InChI is InChI=1S/C11H12F3N3O2/c1-6-4-7(2-3-8(6)11(12,13)14)10(19)9(18)5-16-17-15/h2-4,9-10,18-19H,5H2,1H3. The van der Waals surface area contributed by atoms with Crippen LogP contribution < -0.4 is 0 Å². The number of hydrogen-bond donors (Lipinski definition) is 2. The zero-order valence-corrected chi connectivity index (χ0v) is 9.96. The summed E-state index contributed by atoms with van der Waals surface area (Å²) < 4.78 is 37.6. The molecule has 0 bridgehead atoms. The van der Waals surface area contributed by atoms with E-state index in [4.69, 9.17) is 5.53 Å². The summed E-state index contributed by atoms with van der Waals surface area (Å²) in [6.07, 6.45) is -7.24. The summed E-state index contributed by atoms with van der Waals surface area (Å²) in [5.41, 5.74) is 7.36. The van der Waals surface area contributed by atoms with Crippen LogP contribution in [0.2, 0.25) is 0 Å². The van der Waals surface area contributed by atoms with Crippen LogP contribution >= 0.6 is 0 Å². The van der Waals surface area contributed by atoms with Crippen molar-refractivity contribution in [2.24, 2.45) is 5.11 Å². The number of aliphatic hydroxyl groups is 2. The molecule has 0 heterocycles. The molecule has 2 N–H and O–H groups in total. The lowest BCUT2D eigenvalue weighted by Crippen LogP contribution is -2.21. The van der Waals surface area contributed by atoms with Gasteiger partial charge in [-0.15, -0.1) is 0 Å². The van der Waals surface area contributed by atoms with E-state index in [1.807, 2.05) is 0 Å². The summed E-state index contributed by atoms with van der Waals surface area (Å²) in [5, 5.41) is 22.3. The maximum absolute atomic E-state index is 12.5. The van der Waals surface area contributed by atoms with Crippen molar-refractivity contribution in [3.63, 3.8) is 0 Å². The molecule has 0 saturated carbocycles. The maximum atomic E-state index is 12.5. The van der Waals surface area contributed by atoms with Gasteiger partial charge in [0.1, 0.15) is 6.10 Å². The van der Waals surface area contributed by atoms with E-state index in [1.165, 1.54) is 6.92 Å². The topological polar surface area (TPSA) is 89.2 Å². The third-order valence-electron chi connectivity index (χ3n) is 2.59. The van der Waals surface area contributed by atoms with Crippen molar-refractivity contribution in [3.8, 4) is 0 Å². The summed E-state index contributed by atoms with van der Waals surface area (Å²) in [7, 11) is 0. The predicted octanol–water partition coefficient (Wildman–Crippen LogP) is 2.72. The molecule has 2 atom stereocenters. The SMILES string of the molecule is Cc1cc(C(O)C(O)CN=[N+]=[N-])ccc1C(F)(F)F. The van der Waals surface area contributed by atoms with Crippen molar-refractivity contribution in [1.29, 1.82) is 0 Å². The molecular weight excluding hydrogens is 263 g/mol. The number of azide groups is 1. The molecule has 5 nitrogen and oxygen atoms in total. The monoisotopic (exact) mass is 275 g/mol. The van der Waals surface area contributed by atoms with Crippen molar-refractivity contribution in [2.45, 2.75) is 25.3 Å². The Morgan fingerprint density at radius 1 is 1.37 bits per heavy atom. The normalized spacial score (nSPS) is 14.6. The Bertz CT molecular complexity index is 498. The first-order valence-electron chi connectivity index (χ1n) is 5.32. The number of rotatable bonds is 4. The van der Waals surface area contributed by atoms with Crippen LogP contribution in [-0.2, 0) is 6.18 Å². The lowest BCUT2D eigenvalue weighted by molar-refractivity contribution is -0.138. The number of nitrogens with zero attached hydrogens (tertiary/aromatic N) is 3. The highest BCUT2D eigenvalue weighted by molar-refractivity contribution is 5.34. The number of halogens is 3. The Kier molecular flexibility index (Phi) is 4.77. The largest absolute Gasteiger partial charge is 0.416 e.